The third-order valence-corrected chi connectivity index (χ3v) is 3.35. The van der Waals surface area contributed by atoms with Gasteiger partial charge in [0.2, 0.25) is 5.91 Å². The average molecular weight is 248 g/mol. The molecule has 0 bridgehead atoms. The van der Waals surface area contributed by atoms with Crippen LogP contribution in [0.25, 0.3) is 0 Å². The SMILES string of the molecule is CNC(=O)[C@]1(c2cnccn2)CCCN1C(C)=O. The first-order valence-corrected chi connectivity index (χ1v) is 5.90. The second-order valence-corrected chi connectivity index (χ2v) is 4.30. The summed E-state index contributed by atoms with van der Waals surface area (Å²) >= 11 is 0. The van der Waals surface area contributed by atoms with E-state index in [1.54, 1.807) is 24.3 Å². The summed E-state index contributed by atoms with van der Waals surface area (Å²) in [5.41, 5.74) is -0.480. The lowest BCUT2D eigenvalue weighted by atomic mass is 9.90. The van der Waals surface area contributed by atoms with Gasteiger partial charge in [-0.1, -0.05) is 0 Å². The fourth-order valence-corrected chi connectivity index (χ4v) is 2.58. The predicted octanol–water partition coefficient (Wildman–Crippen LogP) is 0.0602. The molecule has 0 aliphatic carbocycles. The van der Waals surface area contributed by atoms with Crippen LogP contribution in [0.2, 0.25) is 0 Å². The molecule has 1 fully saturated rings. The van der Waals surface area contributed by atoms with Crippen LogP contribution >= 0.6 is 0 Å². The molecule has 1 saturated heterocycles. The summed E-state index contributed by atoms with van der Waals surface area (Å²) in [5, 5.41) is 2.63. The maximum Gasteiger partial charge on any atom is 0.252 e. The van der Waals surface area contributed by atoms with Crippen molar-refractivity contribution in [2.45, 2.75) is 25.3 Å². The highest BCUT2D eigenvalue weighted by atomic mass is 16.2. The minimum absolute atomic E-state index is 0.123. The second kappa shape index (κ2) is 4.72. The van der Waals surface area contributed by atoms with E-state index in [0.717, 1.165) is 6.42 Å². The first kappa shape index (κ1) is 12.5. The summed E-state index contributed by atoms with van der Waals surface area (Å²) in [6, 6.07) is 0. The number of nitrogens with one attached hydrogen (secondary N) is 1. The number of hydrogen-bond donors (Lipinski definition) is 1. The molecule has 2 amide bonds. The highest BCUT2D eigenvalue weighted by Gasteiger charge is 2.51. The Kier molecular flexibility index (Phi) is 3.27. The molecule has 1 atom stereocenters. The zero-order chi connectivity index (χ0) is 13.2. The Hall–Kier alpha value is -1.98. The molecule has 0 aromatic carbocycles. The number of hydrogen-bond acceptors (Lipinski definition) is 4. The maximum atomic E-state index is 12.3. The van der Waals surface area contributed by atoms with Gasteiger partial charge in [0.15, 0.2) is 5.54 Å². The van der Waals surface area contributed by atoms with Crippen molar-refractivity contribution in [3.8, 4) is 0 Å². The van der Waals surface area contributed by atoms with Crippen LogP contribution in [0.5, 0.6) is 0 Å². The lowest BCUT2D eigenvalue weighted by Crippen LogP contribution is -2.54. The van der Waals surface area contributed by atoms with E-state index >= 15 is 0 Å². The van der Waals surface area contributed by atoms with Crippen LogP contribution in [0.1, 0.15) is 25.5 Å². The fraction of sp³-hybridized carbons (Fsp3) is 0.500. The van der Waals surface area contributed by atoms with E-state index in [0.29, 0.717) is 18.7 Å². The van der Waals surface area contributed by atoms with Crippen LogP contribution in [0.3, 0.4) is 0 Å². The Morgan fingerprint density at radius 3 is 2.78 bits per heavy atom. The molecule has 0 radical (unpaired) electrons. The van der Waals surface area contributed by atoms with Crippen molar-refractivity contribution >= 4 is 11.8 Å². The molecule has 1 aromatic heterocycles. The number of rotatable bonds is 2. The Bertz CT molecular complexity index is 462. The zero-order valence-corrected chi connectivity index (χ0v) is 10.5. The van der Waals surface area contributed by atoms with Crippen molar-refractivity contribution in [3.63, 3.8) is 0 Å². The lowest BCUT2D eigenvalue weighted by Gasteiger charge is -2.35. The van der Waals surface area contributed by atoms with Crippen molar-refractivity contribution in [3.05, 3.63) is 24.3 Å². The van der Waals surface area contributed by atoms with Crippen molar-refractivity contribution < 1.29 is 9.59 Å². The largest absolute Gasteiger partial charge is 0.357 e. The van der Waals surface area contributed by atoms with Gasteiger partial charge in [0.25, 0.3) is 5.91 Å². The molecule has 18 heavy (non-hydrogen) atoms. The second-order valence-electron chi connectivity index (χ2n) is 4.30. The number of carbonyl (C=O) groups is 2. The molecular weight excluding hydrogens is 232 g/mol. The number of likely N-dealkylation sites (N-methyl/N-ethyl adjacent to an activating group) is 1. The summed E-state index contributed by atoms with van der Waals surface area (Å²) in [6.45, 7) is 2.04. The monoisotopic (exact) mass is 248 g/mol. The predicted molar refractivity (Wildman–Crippen MR) is 64.4 cm³/mol. The number of carbonyl (C=O) groups excluding carboxylic acids is 2. The third kappa shape index (κ3) is 1.73. The molecule has 1 aliphatic heterocycles. The summed E-state index contributed by atoms with van der Waals surface area (Å²) in [5.74, 6) is -0.336. The van der Waals surface area contributed by atoms with Crippen LogP contribution in [0.15, 0.2) is 18.6 Å². The van der Waals surface area contributed by atoms with E-state index in [9.17, 15) is 9.59 Å². The Labute approximate surface area is 105 Å². The number of aromatic nitrogens is 2. The van der Waals surface area contributed by atoms with Crippen molar-refractivity contribution in [2.75, 3.05) is 13.6 Å². The van der Waals surface area contributed by atoms with E-state index < -0.39 is 5.54 Å². The Balaban J connectivity index is 2.54. The van der Waals surface area contributed by atoms with Crippen molar-refractivity contribution in [1.82, 2.24) is 20.2 Å². The van der Waals surface area contributed by atoms with Gasteiger partial charge in [0, 0.05) is 32.9 Å². The highest BCUT2D eigenvalue weighted by molar-refractivity contribution is 5.92. The minimum atomic E-state index is -1.01. The average Bonchev–Trinajstić information content (AvgIpc) is 2.84. The van der Waals surface area contributed by atoms with E-state index in [2.05, 4.69) is 15.3 Å². The summed E-state index contributed by atoms with van der Waals surface area (Å²) in [6.07, 6.45) is 6.00. The van der Waals surface area contributed by atoms with E-state index in [-0.39, 0.29) is 11.8 Å². The van der Waals surface area contributed by atoms with Crippen LogP contribution < -0.4 is 5.32 Å². The standard InChI is InChI=1S/C12H16N4O2/c1-9(17)16-7-3-4-12(16,11(18)13-2)10-8-14-5-6-15-10/h5-6,8H,3-4,7H2,1-2H3,(H,13,18)/t12-/m1/s1. The van der Waals surface area contributed by atoms with Crippen LogP contribution in [-0.2, 0) is 15.1 Å². The summed E-state index contributed by atoms with van der Waals surface area (Å²) < 4.78 is 0. The molecule has 96 valence electrons. The van der Waals surface area contributed by atoms with Gasteiger partial charge >= 0.3 is 0 Å². The van der Waals surface area contributed by atoms with Gasteiger partial charge in [-0.3, -0.25) is 19.6 Å². The number of amides is 2. The molecule has 2 heterocycles. The molecule has 1 aliphatic rings. The van der Waals surface area contributed by atoms with Crippen LogP contribution in [0.4, 0.5) is 0 Å². The van der Waals surface area contributed by atoms with E-state index in [1.165, 1.54) is 13.1 Å². The van der Waals surface area contributed by atoms with Crippen LogP contribution in [0, 0.1) is 0 Å². The summed E-state index contributed by atoms with van der Waals surface area (Å²) in [4.78, 5) is 33.8. The first-order chi connectivity index (χ1) is 8.63. The number of nitrogens with zero attached hydrogens (tertiary/aromatic N) is 3. The van der Waals surface area contributed by atoms with Gasteiger partial charge < -0.3 is 10.2 Å². The molecule has 6 nitrogen and oxygen atoms in total. The maximum absolute atomic E-state index is 12.3. The summed E-state index contributed by atoms with van der Waals surface area (Å²) in [7, 11) is 1.57. The molecular formula is C12H16N4O2. The van der Waals surface area contributed by atoms with Gasteiger partial charge in [-0.25, -0.2) is 0 Å². The quantitative estimate of drug-likeness (QED) is 0.803. The molecule has 0 spiro atoms. The third-order valence-electron chi connectivity index (χ3n) is 3.35. The fourth-order valence-electron chi connectivity index (χ4n) is 2.58. The van der Waals surface area contributed by atoms with Crippen molar-refractivity contribution in [2.24, 2.45) is 0 Å². The van der Waals surface area contributed by atoms with Gasteiger partial charge in [-0.2, -0.15) is 0 Å². The smallest absolute Gasteiger partial charge is 0.252 e. The van der Waals surface area contributed by atoms with E-state index in [4.69, 9.17) is 0 Å². The molecule has 6 heteroatoms. The first-order valence-electron chi connectivity index (χ1n) is 5.90. The topological polar surface area (TPSA) is 75.2 Å². The normalized spacial score (nSPS) is 22.9. The zero-order valence-electron chi connectivity index (χ0n) is 10.5. The molecule has 2 rings (SSSR count). The molecule has 1 aromatic rings. The van der Waals surface area contributed by atoms with Gasteiger partial charge in [0.05, 0.1) is 11.9 Å². The van der Waals surface area contributed by atoms with Crippen molar-refractivity contribution in [1.29, 1.82) is 0 Å². The van der Waals surface area contributed by atoms with Gasteiger partial charge in [-0.05, 0) is 12.8 Å². The Morgan fingerprint density at radius 1 is 1.44 bits per heavy atom. The highest BCUT2D eigenvalue weighted by Crippen LogP contribution is 2.37. The van der Waals surface area contributed by atoms with E-state index in [1.807, 2.05) is 0 Å². The van der Waals surface area contributed by atoms with Crippen LogP contribution in [-0.4, -0.2) is 40.3 Å². The van der Waals surface area contributed by atoms with Gasteiger partial charge in [-0.15, -0.1) is 0 Å². The molecule has 1 N–H and O–H groups in total. The molecule has 0 saturated carbocycles. The molecule has 0 unspecified atom stereocenters. The Morgan fingerprint density at radius 2 is 2.22 bits per heavy atom. The number of likely N-dealkylation sites (tertiary alicyclic amines) is 1. The van der Waals surface area contributed by atoms with Gasteiger partial charge in [0.1, 0.15) is 0 Å². The minimum Gasteiger partial charge on any atom is -0.357 e. The lowest BCUT2D eigenvalue weighted by molar-refractivity contribution is -0.144.